The molecule has 1 N–H and O–H groups in total. The lowest BCUT2D eigenvalue weighted by atomic mass is 9.93. The maximum atomic E-state index is 12.0. The molecule has 0 atom stereocenters. The largest absolute Gasteiger partial charge is 0.480 e. The van der Waals surface area contributed by atoms with Crippen LogP contribution in [0, 0.1) is 0 Å². The lowest BCUT2D eigenvalue weighted by Gasteiger charge is -2.29. The van der Waals surface area contributed by atoms with Crippen LogP contribution in [0.2, 0.25) is 0 Å². The molecular weight excluding hydrogens is 312 g/mol. The van der Waals surface area contributed by atoms with Gasteiger partial charge in [-0.25, -0.2) is 9.67 Å². The van der Waals surface area contributed by atoms with Crippen molar-refractivity contribution in [3.63, 3.8) is 0 Å². The van der Waals surface area contributed by atoms with Crippen molar-refractivity contribution in [3.05, 3.63) is 25.0 Å². The van der Waals surface area contributed by atoms with Gasteiger partial charge >= 0.3 is 0 Å². The van der Waals surface area contributed by atoms with Gasteiger partial charge in [-0.15, -0.1) is 0 Å². The zero-order valence-corrected chi connectivity index (χ0v) is 13.5. The maximum Gasteiger partial charge on any atom is 0.242 e. The Morgan fingerprint density at radius 2 is 2.04 bits per heavy atom. The summed E-state index contributed by atoms with van der Waals surface area (Å²) in [6.45, 7) is 0.190. The summed E-state index contributed by atoms with van der Waals surface area (Å²) < 4.78 is 12.4. The summed E-state index contributed by atoms with van der Waals surface area (Å²) in [5.74, 6) is 0.845. The first kappa shape index (κ1) is 16.2. The fraction of sp³-hybridized carbons (Fsp3) is 0.533. The first-order chi connectivity index (χ1) is 11.7. The Kier molecular flexibility index (Phi) is 5.19. The van der Waals surface area contributed by atoms with Crippen molar-refractivity contribution in [2.45, 2.75) is 44.4 Å². The molecule has 1 aliphatic rings. The van der Waals surface area contributed by atoms with Crippen LogP contribution in [0.1, 0.15) is 25.7 Å². The zero-order valence-electron chi connectivity index (χ0n) is 13.5. The number of hydrogen-bond donors (Lipinski definition) is 1. The highest BCUT2D eigenvalue weighted by atomic mass is 16.5. The van der Waals surface area contributed by atoms with Gasteiger partial charge in [0.05, 0.1) is 19.5 Å². The van der Waals surface area contributed by atoms with Gasteiger partial charge in [0.15, 0.2) is 0 Å². The summed E-state index contributed by atoms with van der Waals surface area (Å²) in [5, 5.41) is 6.95. The molecule has 1 amide bonds. The van der Waals surface area contributed by atoms with E-state index in [1.807, 2.05) is 0 Å². The van der Waals surface area contributed by atoms with Gasteiger partial charge in [-0.2, -0.15) is 10.1 Å². The molecule has 128 valence electrons. The summed E-state index contributed by atoms with van der Waals surface area (Å²) in [5.41, 5.74) is 0. The fourth-order valence-electron chi connectivity index (χ4n) is 2.72. The van der Waals surface area contributed by atoms with Crippen LogP contribution in [-0.2, 0) is 11.3 Å². The van der Waals surface area contributed by atoms with Gasteiger partial charge < -0.3 is 14.8 Å². The van der Waals surface area contributed by atoms with E-state index in [9.17, 15) is 4.79 Å². The standard InChI is InChI=1S/C15H20N6O3/c1-23-14-6-16-7-15(20-14)24-12-4-2-11(3-5-12)19-13(22)8-21-10-17-9-18-21/h6-7,9-12H,2-5,8H2,1H3,(H,19,22). The molecule has 3 rings (SSSR count). The van der Waals surface area contributed by atoms with E-state index in [2.05, 4.69) is 25.4 Å². The van der Waals surface area contributed by atoms with E-state index in [1.165, 1.54) is 23.5 Å². The van der Waals surface area contributed by atoms with Crippen LogP contribution in [-0.4, -0.2) is 49.9 Å². The number of nitrogens with one attached hydrogen (secondary N) is 1. The Morgan fingerprint density at radius 3 is 2.75 bits per heavy atom. The molecule has 0 saturated heterocycles. The number of rotatable bonds is 6. The molecule has 2 aromatic heterocycles. The van der Waals surface area contributed by atoms with Crippen molar-refractivity contribution in [1.82, 2.24) is 30.0 Å². The van der Waals surface area contributed by atoms with Crippen LogP contribution in [0.3, 0.4) is 0 Å². The Balaban J connectivity index is 1.42. The molecule has 9 nitrogen and oxygen atoms in total. The topological polar surface area (TPSA) is 104 Å². The molecule has 0 aliphatic heterocycles. The van der Waals surface area contributed by atoms with Crippen molar-refractivity contribution < 1.29 is 14.3 Å². The molecule has 0 radical (unpaired) electrons. The molecular formula is C15H20N6O3. The van der Waals surface area contributed by atoms with Gasteiger partial charge in [-0.1, -0.05) is 0 Å². The highest BCUT2D eigenvalue weighted by Gasteiger charge is 2.24. The number of methoxy groups -OCH3 is 1. The third-order valence-electron chi connectivity index (χ3n) is 3.90. The van der Waals surface area contributed by atoms with Gasteiger partial charge in [-0.05, 0) is 25.7 Å². The smallest absolute Gasteiger partial charge is 0.242 e. The molecule has 1 fully saturated rings. The van der Waals surface area contributed by atoms with Crippen molar-refractivity contribution in [3.8, 4) is 11.8 Å². The number of aromatic nitrogens is 5. The van der Waals surface area contributed by atoms with Crippen LogP contribution >= 0.6 is 0 Å². The second-order valence-electron chi connectivity index (χ2n) is 5.65. The summed E-state index contributed by atoms with van der Waals surface area (Å²) in [6, 6.07) is 0.164. The van der Waals surface area contributed by atoms with Crippen LogP contribution in [0.4, 0.5) is 0 Å². The molecule has 0 aromatic carbocycles. The fourth-order valence-corrected chi connectivity index (χ4v) is 2.72. The van der Waals surface area contributed by atoms with Crippen LogP contribution in [0.25, 0.3) is 0 Å². The van der Waals surface area contributed by atoms with Gasteiger partial charge in [0.2, 0.25) is 17.7 Å². The minimum atomic E-state index is -0.0523. The van der Waals surface area contributed by atoms with Crippen molar-refractivity contribution in [1.29, 1.82) is 0 Å². The van der Waals surface area contributed by atoms with Crippen molar-refractivity contribution in [2.24, 2.45) is 0 Å². The number of amides is 1. The molecule has 1 aliphatic carbocycles. The molecule has 0 bridgehead atoms. The number of nitrogens with zero attached hydrogens (tertiary/aromatic N) is 5. The predicted octanol–water partition coefficient (Wildman–Crippen LogP) is 0.583. The maximum absolute atomic E-state index is 12.0. The van der Waals surface area contributed by atoms with Gasteiger partial charge in [0.1, 0.15) is 25.3 Å². The van der Waals surface area contributed by atoms with Gasteiger partial charge in [0, 0.05) is 6.04 Å². The van der Waals surface area contributed by atoms with E-state index in [0.717, 1.165) is 25.7 Å². The van der Waals surface area contributed by atoms with E-state index in [0.29, 0.717) is 11.8 Å². The van der Waals surface area contributed by atoms with Gasteiger partial charge in [-0.3, -0.25) is 9.78 Å². The average Bonchev–Trinajstić information content (AvgIpc) is 3.09. The minimum Gasteiger partial charge on any atom is -0.480 e. The summed E-state index contributed by atoms with van der Waals surface area (Å²) >= 11 is 0. The van der Waals surface area contributed by atoms with Crippen molar-refractivity contribution >= 4 is 5.91 Å². The summed E-state index contributed by atoms with van der Waals surface area (Å²) in [4.78, 5) is 24.0. The summed E-state index contributed by atoms with van der Waals surface area (Å²) in [7, 11) is 1.54. The van der Waals surface area contributed by atoms with E-state index < -0.39 is 0 Å². The SMILES string of the molecule is COc1cncc(OC2CCC(NC(=O)Cn3cncn3)CC2)n1. The Labute approximate surface area is 139 Å². The Morgan fingerprint density at radius 1 is 1.25 bits per heavy atom. The van der Waals surface area contributed by atoms with Crippen LogP contribution in [0.15, 0.2) is 25.0 Å². The monoisotopic (exact) mass is 332 g/mol. The molecule has 9 heteroatoms. The zero-order chi connectivity index (χ0) is 16.8. The number of carbonyl (C=O) groups is 1. The molecule has 0 spiro atoms. The first-order valence-electron chi connectivity index (χ1n) is 7.87. The minimum absolute atomic E-state index is 0.0523. The van der Waals surface area contributed by atoms with E-state index in [-0.39, 0.29) is 24.6 Å². The average molecular weight is 332 g/mol. The van der Waals surface area contributed by atoms with Crippen molar-refractivity contribution in [2.75, 3.05) is 7.11 Å². The molecule has 1 saturated carbocycles. The Hall–Kier alpha value is -2.71. The second-order valence-corrected chi connectivity index (χ2v) is 5.65. The van der Waals surface area contributed by atoms with E-state index in [1.54, 1.807) is 13.3 Å². The number of carbonyl (C=O) groups excluding carboxylic acids is 1. The second kappa shape index (κ2) is 7.71. The van der Waals surface area contributed by atoms with E-state index in [4.69, 9.17) is 9.47 Å². The van der Waals surface area contributed by atoms with Crippen LogP contribution in [0.5, 0.6) is 11.8 Å². The molecule has 2 heterocycles. The number of hydrogen-bond acceptors (Lipinski definition) is 7. The lowest BCUT2D eigenvalue weighted by molar-refractivity contribution is -0.122. The highest BCUT2D eigenvalue weighted by Crippen LogP contribution is 2.23. The first-order valence-corrected chi connectivity index (χ1v) is 7.87. The third-order valence-corrected chi connectivity index (χ3v) is 3.90. The Bertz CT molecular complexity index is 655. The number of ether oxygens (including phenoxy) is 2. The summed E-state index contributed by atoms with van der Waals surface area (Å²) in [6.07, 6.45) is 9.57. The highest BCUT2D eigenvalue weighted by molar-refractivity contribution is 5.75. The molecule has 2 aromatic rings. The lowest BCUT2D eigenvalue weighted by Crippen LogP contribution is -2.41. The van der Waals surface area contributed by atoms with Gasteiger partial charge in [0.25, 0.3) is 0 Å². The molecule has 0 unspecified atom stereocenters. The van der Waals surface area contributed by atoms with E-state index >= 15 is 0 Å². The van der Waals surface area contributed by atoms with Crippen LogP contribution < -0.4 is 14.8 Å². The quantitative estimate of drug-likeness (QED) is 0.825. The molecule has 24 heavy (non-hydrogen) atoms. The normalized spacial score (nSPS) is 20.4. The predicted molar refractivity (Wildman–Crippen MR) is 83.4 cm³/mol. The third kappa shape index (κ3) is 4.40.